The molecule has 1 heterocycles. The van der Waals surface area contributed by atoms with E-state index in [1.54, 1.807) is 0 Å². The van der Waals surface area contributed by atoms with Crippen molar-refractivity contribution in [3.63, 3.8) is 0 Å². The van der Waals surface area contributed by atoms with Gasteiger partial charge in [0, 0.05) is 17.6 Å². The molecule has 1 aromatic carbocycles. The van der Waals surface area contributed by atoms with Crippen LogP contribution in [0.2, 0.25) is 6.04 Å². The van der Waals surface area contributed by atoms with Crippen LogP contribution in [0.15, 0.2) is 30.3 Å². The largest absolute Gasteiger partial charge is 0.388 e. The number of hydrogen-bond donors (Lipinski definition) is 0. The molecule has 1 aliphatic heterocycles. The summed E-state index contributed by atoms with van der Waals surface area (Å²) in [5.74, 6) is 0. The van der Waals surface area contributed by atoms with Gasteiger partial charge in [-0.2, -0.15) is 0 Å². The number of rotatable bonds is 9. The Hall–Kier alpha value is -0.683. The predicted octanol–water partition coefficient (Wildman–Crippen LogP) is 4.00. The summed E-state index contributed by atoms with van der Waals surface area (Å²) < 4.78 is 18.4. The molecule has 3 nitrogen and oxygen atoms in total. The SMILES string of the molecule is CC(C)O[Si](CCCC1(C)COC1)(OC(C)C)c1ccccc1. The maximum absolute atomic E-state index is 6.49. The fourth-order valence-electron chi connectivity index (χ4n) is 3.22. The zero-order valence-electron chi connectivity index (χ0n) is 15.3. The average Bonchev–Trinajstić information content (AvgIpc) is 2.45. The van der Waals surface area contributed by atoms with Crippen molar-refractivity contribution in [3.05, 3.63) is 30.3 Å². The molecular weight excluding hydrogens is 304 g/mol. The fourth-order valence-corrected chi connectivity index (χ4v) is 6.94. The van der Waals surface area contributed by atoms with Gasteiger partial charge in [0.1, 0.15) is 0 Å². The average molecular weight is 337 g/mol. The van der Waals surface area contributed by atoms with Gasteiger partial charge in [-0.05, 0) is 45.3 Å². The monoisotopic (exact) mass is 336 g/mol. The highest BCUT2D eigenvalue weighted by atomic mass is 28.4. The lowest BCUT2D eigenvalue weighted by molar-refractivity contribution is -0.106. The van der Waals surface area contributed by atoms with Crippen molar-refractivity contribution in [2.75, 3.05) is 13.2 Å². The molecule has 0 amide bonds. The molecule has 0 atom stereocenters. The molecule has 0 saturated carbocycles. The number of hydrogen-bond acceptors (Lipinski definition) is 3. The van der Waals surface area contributed by atoms with Crippen LogP contribution in [-0.2, 0) is 13.6 Å². The summed E-state index contributed by atoms with van der Waals surface area (Å²) in [5, 5.41) is 1.25. The third-order valence-corrected chi connectivity index (χ3v) is 8.18. The van der Waals surface area contributed by atoms with E-state index in [0.29, 0.717) is 5.41 Å². The molecule has 2 rings (SSSR count). The van der Waals surface area contributed by atoms with E-state index in [-0.39, 0.29) is 12.2 Å². The Balaban J connectivity index is 2.16. The van der Waals surface area contributed by atoms with Crippen LogP contribution in [0.3, 0.4) is 0 Å². The van der Waals surface area contributed by atoms with Crippen LogP contribution in [0.25, 0.3) is 0 Å². The summed E-state index contributed by atoms with van der Waals surface area (Å²) in [6, 6.07) is 11.6. The minimum absolute atomic E-state index is 0.170. The first-order valence-electron chi connectivity index (χ1n) is 8.84. The Labute approximate surface area is 142 Å². The van der Waals surface area contributed by atoms with Gasteiger partial charge in [0.25, 0.3) is 0 Å². The highest BCUT2D eigenvalue weighted by Gasteiger charge is 2.43. The van der Waals surface area contributed by atoms with Gasteiger partial charge in [0.05, 0.1) is 13.2 Å². The molecule has 1 fully saturated rings. The van der Waals surface area contributed by atoms with Gasteiger partial charge in [0.15, 0.2) is 0 Å². The van der Waals surface area contributed by atoms with Gasteiger partial charge < -0.3 is 13.6 Å². The molecule has 1 aromatic rings. The first-order valence-corrected chi connectivity index (χ1v) is 10.9. The van der Waals surface area contributed by atoms with Gasteiger partial charge in [-0.1, -0.05) is 43.7 Å². The van der Waals surface area contributed by atoms with Crippen molar-refractivity contribution in [3.8, 4) is 0 Å². The molecule has 0 spiro atoms. The van der Waals surface area contributed by atoms with Gasteiger partial charge >= 0.3 is 8.56 Å². The molecule has 0 bridgehead atoms. The smallest absolute Gasteiger partial charge is 0.372 e. The zero-order valence-corrected chi connectivity index (χ0v) is 16.3. The zero-order chi connectivity index (χ0) is 16.9. The quantitative estimate of drug-likeness (QED) is 0.638. The summed E-state index contributed by atoms with van der Waals surface area (Å²) in [6.07, 6.45) is 2.64. The van der Waals surface area contributed by atoms with Crippen LogP contribution in [0.5, 0.6) is 0 Å². The van der Waals surface area contributed by atoms with E-state index in [1.807, 2.05) is 0 Å². The molecule has 0 aliphatic carbocycles. The third kappa shape index (κ3) is 5.15. The van der Waals surface area contributed by atoms with E-state index >= 15 is 0 Å². The van der Waals surface area contributed by atoms with Crippen LogP contribution in [0, 0.1) is 5.41 Å². The second-order valence-corrected chi connectivity index (χ2v) is 10.7. The summed E-state index contributed by atoms with van der Waals surface area (Å²) in [5.41, 5.74) is 0.354. The number of ether oxygens (including phenoxy) is 1. The van der Waals surface area contributed by atoms with Crippen molar-refractivity contribution in [2.45, 2.75) is 65.7 Å². The van der Waals surface area contributed by atoms with Crippen molar-refractivity contribution in [1.29, 1.82) is 0 Å². The molecule has 130 valence electrons. The second-order valence-electron chi connectivity index (χ2n) is 7.61. The second kappa shape index (κ2) is 7.93. The van der Waals surface area contributed by atoms with Crippen molar-refractivity contribution < 1.29 is 13.6 Å². The fraction of sp³-hybridized carbons (Fsp3) is 0.684. The van der Waals surface area contributed by atoms with E-state index in [1.165, 1.54) is 11.6 Å². The number of benzene rings is 1. The van der Waals surface area contributed by atoms with Gasteiger partial charge in [-0.3, -0.25) is 0 Å². The van der Waals surface area contributed by atoms with Crippen molar-refractivity contribution in [2.24, 2.45) is 5.41 Å². The van der Waals surface area contributed by atoms with Crippen LogP contribution in [0.4, 0.5) is 0 Å². The lowest BCUT2D eigenvalue weighted by Gasteiger charge is -2.40. The standard InChI is InChI=1S/C19H32O3Si/c1-16(2)21-23(22-17(3)4,18-10-7-6-8-11-18)13-9-12-19(5)14-20-15-19/h6-8,10-11,16-17H,9,12-15H2,1-5H3. The molecule has 1 saturated heterocycles. The van der Waals surface area contributed by atoms with E-state index < -0.39 is 8.56 Å². The summed E-state index contributed by atoms with van der Waals surface area (Å²) in [4.78, 5) is 0. The first kappa shape index (κ1) is 18.7. The molecule has 23 heavy (non-hydrogen) atoms. The summed E-state index contributed by atoms with van der Waals surface area (Å²) in [6.45, 7) is 12.5. The van der Waals surface area contributed by atoms with Gasteiger partial charge in [0.2, 0.25) is 0 Å². The molecule has 0 radical (unpaired) electrons. The minimum Gasteiger partial charge on any atom is -0.388 e. The van der Waals surface area contributed by atoms with E-state index in [0.717, 1.165) is 25.7 Å². The van der Waals surface area contributed by atoms with Gasteiger partial charge in [-0.15, -0.1) is 0 Å². The topological polar surface area (TPSA) is 27.7 Å². The maximum atomic E-state index is 6.49. The molecule has 1 aliphatic rings. The molecule has 0 N–H and O–H groups in total. The Bertz CT molecular complexity index is 459. The first-order chi connectivity index (χ1) is 10.9. The summed E-state index contributed by atoms with van der Waals surface area (Å²) in [7, 11) is -2.43. The van der Waals surface area contributed by atoms with Crippen molar-refractivity contribution >= 4 is 13.7 Å². The maximum Gasteiger partial charge on any atom is 0.372 e. The highest BCUT2D eigenvalue weighted by Crippen LogP contribution is 2.34. The minimum atomic E-state index is -2.43. The predicted molar refractivity (Wildman–Crippen MR) is 97.2 cm³/mol. The van der Waals surface area contributed by atoms with Crippen LogP contribution in [0.1, 0.15) is 47.5 Å². The van der Waals surface area contributed by atoms with Crippen LogP contribution in [-0.4, -0.2) is 34.0 Å². The lowest BCUT2D eigenvalue weighted by atomic mass is 9.84. The Morgan fingerprint density at radius 2 is 1.61 bits per heavy atom. The Kier molecular flexibility index (Phi) is 6.43. The van der Waals surface area contributed by atoms with E-state index in [9.17, 15) is 0 Å². The van der Waals surface area contributed by atoms with E-state index in [2.05, 4.69) is 65.0 Å². The van der Waals surface area contributed by atoms with Crippen LogP contribution < -0.4 is 5.19 Å². The molecule has 4 heteroatoms. The molecular formula is C19H32O3Si. The Morgan fingerprint density at radius 3 is 2.04 bits per heavy atom. The lowest BCUT2D eigenvalue weighted by Crippen LogP contribution is -2.56. The molecule has 0 unspecified atom stereocenters. The third-order valence-electron chi connectivity index (χ3n) is 4.25. The molecule has 0 aromatic heterocycles. The highest BCUT2D eigenvalue weighted by molar-refractivity contribution is 6.81. The Morgan fingerprint density at radius 1 is 1.04 bits per heavy atom. The van der Waals surface area contributed by atoms with Crippen LogP contribution >= 0.6 is 0 Å². The van der Waals surface area contributed by atoms with Gasteiger partial charge in [-0.25, -0.2) is 0 Å². The van der Waals surface area contributed by atoms with Crippen molar-refractivity contribution in [1.82, 2.24) is 0 Å². The summed E-state index contributed by atoms with van der Waals surface area (Å²) >= 11 is 0. The van der Waals surface area contributed by atoms with E-state index in [4.69, 9.17) is 13.6 Å². The normalized spacial score (nSPS) is 17.5.